The molecule has 0 aromatic heterocycles. The summed E-state index contributed by atoms with van der Waals surface area (Å²) in [6, 6.07) is 0. The first-order valence-electron chi connectivity index (χ1n) is 2.48. The molecule has 0 N–H and O–H groups in total. The largest absolute Gasteiger partial charge is 2.00 e. The minimum Gasteiger partial charge on any atom is -0.704 e. The van der Waals surface area contributed by atoms with Crippen LogP contribution in [0.5, 0.6) is 0 Å². The van der Waals surface area contributed by atoms with Crippen LogP contribution in [0.2, 0.25) is 0 Å². The smallest absolute Gasteiger partial charge is 0.704 e. The van der Waals surface area contributed by atoms with Crippen LogP contribution in [0.4, 0.5) is 0 Å². The van der Waals surface area contributed by atoms with Crippen LogP contribution in [0.25, 0.3) is 10.6 Å². The molecule has 0 unspecified atom stereocenters. The molecule has 0 amide bonds. The molecule has 0 aromatic carbocycles. The fraction of sp³-hybridized carbons (Fsp3) is 0.600. The fourth-order valence-electron chi connectivity index (χ4n) is 0.525. The molecule has 2 nitrogen and oxygen atoms in total. The van der Waals surface area contributed by atoms with Gasteiger partial charge in [0.1, 0.15) is 0 Å². The molecule has 0 aromatic rings. The van der Waals surface area contributed by atoms with Crippen molar-refractivity contribution in [2.24, 2.45) is 0 Å². The van der Waals surface area contributed by atoms with E-state index in [2.05, 4.69) is 17.6 Å². The van der Waals surface area contributed by atoms with Gasteiger partial charge in [-0.05, 0) is 0 Å². The molecule has 3 heteroatoms. The number of hydrogen-bond acceptors (Lipinski definition) is 0. The zero-order valence-electron chi connectivity index (χ0n) is 4.64. The second-order valence-corrected chi connectivity index (χ2v) is 1.49. The standard InChI is InChI=1S/C5H8N2.Cu/c1-2-5-6-3-4-7-5;/h3-5H,2H2,1H3;/q-2;+2. The summed E-state index contributed by atoms with van der Waals surface area (Å²) in [6.45, 7) is 2.07. The van der Waals surface area contributed by atoms with Crippen molar-refractivity contribution in [2.75, 3.05) is 0 Å². The Labute approximate surface area is 60.2 Å². The van der Waals surface area contributed by atoms with Gasteiger partial charge in [0.05, 0.1) is 0 Å². The van der Waals surface area contributed by atoms with Gasteiger partial charge in [-0.3, -0.25) is 0 Å². The Balaban J connectivity index is 0.000000490. The quantitative estimate of drug-likeness (QED) is 0.524. The summed E-state index contributed by atoms with van der Waals surface area (Å²) < 4.78 is 0. The van der Waals surface area contributed by atoms with Crippen LogP contribution in [-0.4, -0.2) is 6.17 Å². The Morgan fingerprint density at radius 1 is 1.38 bits per heavy atom. The van der Waals surface area contributed by atoms with Gasteiger partial charge in [0.15, 0.2) is 0 Å². The minimum absolute atomic E-state index is 0. The van der Waals surface area contributed by atoms with Crippen molar-refractivity contribution in [2.45, 2.75) is 19.5 Å². The summed E-state index contributed by atoms with van der Waals surface area (Å²) in [5.74, 6) is 0. The third-order valence-corrected chi connectivity index (χ3v) is 0.948. The SMILES string of the molecule is CCC1[N-]C=C[N-]1.[Cu+2]. The molecule has 0 spiro atoms. The van der Waals surface area contributed by atoms with E-state index in [4.69, 9.17) is 0 Å². The predicted molar refractivity (Wildman–Crippen MR) is 29.9 cm³/mol. The van der Waals surface area contributed by atoms with Crippen molar-refractivity contribution >= 4 is 0 Å². The van der Waals surface area contributed by atoms with Crippen LogP contribution in [0.3, 0.4) is 0 Å². The molecule has 0 saturated heterocycles. The van der Waals surface area contributed by atoms with Crippen molar-refractivity contribution in [3.8, 4) is 0 Å². The van der Waals surface area contributed by atoms with Gasteiger partial charge >= 0.3 is 17.1 Å². The van der Waals surface area contributed by atoms with Crippen LogP contribution in [0, 0.1) is 0 Å². The van der Waals surface area contributed by atoms with Crippen molar-refractivity contribution in [3.05, 3.63) is 23.0 Å². The molecule has 0 saturated carbocycles. The van der Waals surface area contributed by atoms with E-state index in [9.17, 15) is 0 Å². The monoisotopic (exact) mass is 159 g/mol. The summed E-state index contributed by atoms with van der Waals surface area (Å²) >= 11 is 0. The van der Waals surface area contributed by atoms with Crippen LogP contribution in [0.1, 0.15) is 13.3 Å². The van der Waals surface area contributed by atoms with E-state index in [0.29, 0.717) is 0 Å². The minimum atomic E-state index is 0. The van der Waals surface area contributed by atoms with E-state index in [1.807, 2.05) is 0 Å². The van der Waals surface area contributed by atoms with Crippen LogP contribution < -0.4 is 0 Å². The van der Waals surface area contributed by atoms with Crippen molar-refractivity contribution in [1.82, 2.24) is 0 Å². The second kappa shape index (κ2) is 3.81. The molecule has 49 valence electrons. The fourth-order valence-corrected chi connectivity index (χ4v) is 0.525. The second-order valence-electron chi connectivity index (χ2n) is 1.49. The first-order chi connectivity index (χ1) is 3.43. The summed E-state index contributed by atoms with van der Waals surface area (Å²) in [4.78, 5) is 0. The maximum atomic E-state index is 4.01. The molecule has 1 radical (unpaired) electrons. The Morgan fingerprint density at radius 2 is 1.88 bits per heavy atom. The first-order valence-corrected chi connectivity index (χ1v) is 2.48. The predicted octanol–water partition coefficient (Wildman–Crippen LogP) is 1.95. The maximum absolute atomic E-state index is 4.01. The first kappa shape index (κ1) is 7.86. The zero-order valence-corrected chi connectivity index (χ0v) is 5.58. The Bertz CT molecular complexity index is 74.5. The van der Waals surface area contributed by atoms with E-state index in [1.54, 1.807) is 12.4 Å². The molecule has 1 heterocycles. The third-order valence-electron chi connectivity index (χ3n) is 0.948. The van der Waals surface area contributed by atoms with Crippen molar-refractivity contribution < 1.29 is 17.1 Å². The average molecular weight is 160 g/mol. The van der Waals surface area contributed by atoms with Gasteiger partial charge in [0.2, 0.25) is 0 Å². The number of rotatable bonds is 1. The summed E-state index contributed by atoms with van der Waals surface area (Å²) in [5, 5.41) is 8.01. The molecule has 1 aliphatic heterocycles. The molecule has 0 atom stereocenters. The molecule has 0 aliphatic carbocycles. The molecular weight excluding hydrogens is 152 g/mol. The molecule has 0 fully saturated rings. The third kappa shape index (κ3) is 1.76. The summed E-state index contributed by atoms with van der Waals surface area (Å²) in [5.41, 5.74) is 0. The van der Waals surface area contributed by atoms with Gasteiger partial charge in [0.25, 0.3) is 0 Å². The van der Waals surface area contributed by atoms with E-state index in [-0.39, 0.29) is 23.2 Å². The van der Waals surface area contributed by atoms with Gasteiger partial charge in [-0.1, -0.05) is 13.3 Å². The summed E-state index contributed by atoms with van der Waals surface area (Å²) in [7, 11) is 0. The Hall–Kier alpha value is -0.141. The Kier molecular flexibility index (Phi) is 3.75. The van der Waals surface area contributed by atoms with Crippen LogP contribution in [-0.2, 0) is 17.1 Å². The van der Waals surface area contributed by atoms with E-state index >= 15 is 0 Å². The van der Waals surface area contributed by atoms with Crippen molar-refractivity contribution in [1.29, 1.82) is 0 Å². The van der Waals surface area contributed by atoms with Gasteiger partial charge in [-0.25, -0.2) is 18.6 Å². The number of nitrogens with zero attached hydrogens (tertiary/aromatic N) is 2. The van der Waals surface area contributed by atoms with Crippen LogP contribution in [0.15, 0.2) is 12.4 Å². The van der Waals surface area contributed by atoms with E-state index < -0.39 is 0 Å². The molecule has 8 heavy (non-hydrogen) atoms. The molecule has 1 rings (SSSR count). The van der Waals surface area contributed by atoms with Gasteiger partial charge in [-0.2, -0.15) is 0 Å². The normalized spacial score (nSPS) is 16.6. The van der Waals surface area contributed by atoms with E-state index in [1.165, 1.54) is 0 Å². The topological polar surface area (TPSA) is 28.2 Å². The van der Waals surface area contributed by atoms with Gasteiger partial charge < -0.3 is 10.6 Å². The molecular formula is C5H8CuN2. The van der Waals surface area contributed by atoms with Crippen molar-refractivity contribution in [3.63, 3.8) is 0 Å². The van der Waals surface area contributed by atoms with E-state index in [0.717, 1.165) is 6.42 Å². The molecule has 0 bridgehead atoms. The van der Waals surface area contributed by atoms with Gasteiger partial charge in [0, 0.05) is 0 Å². The van der Waals surface area contributed by atoms with Crippen LogP contribution >= 0.6 is 0 Å². The maximum Gasteiger partial charge on any atom is 2.00 e. The number of hydrogen-bond donors (Lipinski definition) is 0. The van der Waals surface area contributed by atoms with Gasteiger partial charge in [-0.15, -0.1) is 0 Å². The average Bonchev–Trinajstić information content (AvgIpc) is 2.14. The molecule has 1 aliphatic rings. The zero-order chi connectivity index (χ0) is 5.11. The summed E-state index contributed by atoms with van der Waals surface area (Å²) in [6.07, 6.45) is 4.75. The Morgan fingerprint density at radius 3 is 2.12 bits per heavy atom.